The Kier molecular flexibility index (Phi) is 5.80. The minimum Gasteiger partial charge on any atom is -0.493 e. The van der Waals surface area contributed by atoms with Crippen molar-refractivity contribution in [3.8, 4) is 5.75 Å². The zero-order valence-electron chi connectivity index (χ0n) is 15.8. The summed E-state index contributed by atoms with van der Waals surface area (Å²) < 4.78 is 15.7. The van der Waals surface area contributed by atoms with Gasteiger partial charge < -0.3 is 24.5 Å². The molecule has 30 heavy (non-hydrogen) atoms. The van der Waals surface area contributed by atoms with E-state index in [1.807, 2.05) is 24.3 Å². The fraction of sp³-hybridized carbons (Fsp3) is 0.190. The van der Waals surface area contributed by atoms with Crippen LogP contribution in [0.4, 0.5) is 5.00 Å². The van der Waals surface area contributed by atoms with Gasteiger partial charge in [-0.3, -0.25) is 9.59 Å². The van der Waals surface area contributed by atoms with Crippen LogP contribution in [0.2, 0.25) is 0 Å². The van der Waals surface area contributed by atoms with E-state index in [0.29, 0.717) is 18.0 Å². The van der Waals surface area contributed by atoms with Gasteiger partial charge in [-0.25, -0.2) is 4.79 Å². The number of anilines is 1. The molecule has 3 heterocycles. The van der Waals surface area contributed by atoms with Crippen LogP contribution in [-0.2, 0) is 9.53 Å². The van der Waals surface area contributed by atoms with E-state index in [0.717, 1.165) is 22.6 Å². The molecule has 1 aliphatic rings. The fourth-order valence-corrected chi connectivity index (χ4v) is 3.82. The Hall–Kier alpha value is -3.59. The van der Waals surface area contributed by atoms with Crippen molar-refractivity contribution in [2.45, 2.75) is 12.5 Å². The van der Waals surface area contributed by atoms with E-state index in [-0.39, 0.29) is 16.7 Å². The van der Waals surface area contributed by atoms with Crippen LogP contribution in [0.3, 0.4) is 0 Å². The van der Waals surface area contributed by atoms with Crippen LogP contribution in [0, 0.1) is 0 Å². The van der Waals surface area contributed by atoms with Crippen molar-refractivity contribution in [3.05, 3.63) is 71.0 Å². The molecule has 154 valence electrons. The second-order valence-electron chi connectivity index (χ2n) is 6.47. The monoisotopic (exact) mass is 426 g/mol. The number of hydrogen-bond donors (Lipinski definition) is 2. The van der Waals surface area contributed by atoms with Crippen LogP contribution in [0.25, 0.3) is 0 Å². The molecule has 8 nitrogen and oxygen atoms in total. The molecule has 0 aliphatic carbocycles. The molecule has 3 aromatic rings. The fourth-order valence-electron chi connectivity index (χ4n) is 3.03. The number of benzene rings is 1. The van der Waals surface area contributed by atoms with Crippen molar-refractivity contribution in [3.63, 3.8) is 0 Å². The number of nitrogens with one attached hydrogen (secondary N) is 2. The van der Waals surface area contributed by atoms with Gasteiger partial charge in [0.05, 0.1) is 23.9 Å². The molecular weight excluding hydrogens is 408 g/mol. The van der Waals surface area contributed by atoms with Gasteiger partial charge in [0, 0.05) is 12.0 Å². The summed E-state index contributed by atoms with van der Waals surface area (Å²) in [5.41, 5.74) is 0.902. The first-order valence-electron chi connectivity index (χ1n) is 9.23. The number of furan rings is 1. The zero-order chi connectivity index (χ0) is 20.9. The summed E-state index contributed by atoms with van der Waals surface area (Å²) in [4.78, 5) is 36.7. The average Bonchev–Trinajstić information content (AvgIpc) is 3.45. The van der Waals surface area contributed by atoms with Gasteiger partial charge in [0.1, 0.15) is 10.6 Å². The number of amides is 2. The highest BCUT2D eigenvalue weighted by molar-refractivity contribution is 7.18. The summed E-state index contributed by atoms with van der Waals surface area (Å²) in [7, 11) is 0. The predicted molar refractivity (Wildman–Crippen MR) is 109 cm³/mol. The van der Waals surface area contributed by atoms with Crippen LogP contribution in [0.15, 0.2) is 59.2 Å². The van der Waals surface area contributed by atoms with E-state index < -0.39 is 24.4 Å². The van der Waals surface area contributed by atoms with Crippen LogP contribution < -0.4 is 15.4 Å². The summed E-state index contributed by atoms with van der Waals surface area (Å²) in [5.74, 6) is -0.542. The van der Waals surface area contributed by atoms with Crippen molar-refractivity contribution < 1.29 is 28.3 Å². The number of rotatable bonds is 6. The Labute approximate surface area is 175 Å². The lowest BCUT2D eigenvalue weighted by Gasteiger charge is -2.26. The van der Waals surface area contributed by atoms with Crippen molar-refractivity contribution in [1.82, 2.24) is 5.32 Å². The van der Waals surface area contributed by atoms with Crippen LogP contribution >= 0.6 is 11.3 Å². The van der Waals surface area contributed by atoms with Gasteiger partial charge in [-0.05, 0) is 30.3 Å². The number of ether oxygens (including phenoxy) is 2. The molecule has 4 rings (SSSR count). The number of hydrogen-bond acceptors (Lipinski definition) is 7. The van der Waals surface area contributed by atoms with Gasteiger partial charge in [0.2, 0.25) is 0 Å². The third-order valence-electron chi connectivity index (χ3n) is 4.42. The molecule has 1 atom stereocenters. The number of thiophene rings is 1. The highest BCUT2D eigenvalue weighted by Gasteiger charge is 2.23. The molecule has 0 radical (unpaired) electrons. The van der Waals surface area contributed by atoms with Gasteiger partial charge in [-0.2, -0.15) is 0 Å². The number of carbonyl (C=O) groups excluding carboxylic acids is 3. The lowest BCUT2D eigenvalue weighted by Crippen LogP contribution is -2.35. The molecule has 1 aromatic carbocycles. The topological polar surface area (TPSA) is 107 Å². The molecule has 2 amide bonds. The second-order valence-corrected chi connectivity index (χ2v) is 7.55. The van der Waals surface area contributed by atoms with Crippen molar-refractivity contribution in [2.75, 3.05) is 18.5 Å². The summed E-state index contributed by atoms with van der Waals surface area (Å²) in [6, 6.07) is 13.6. The Balaban J connectivity index is 1.28. The maximum Gasteiger partial charge on any atom is 0.348 e. The Morgan fingerprint density at radius 2 is 1.97 bits per heavy atom. The first-order chi connectivity index (χ1) is 14.6. The molecule has 1 unspecified atom stereocenters. The first-order valence-corrected chi connectivity index (χ1v) is 10.0. The van der Waals surface area contributed by atoms with E-state index in [1.54, 1.807) is 12.1 Å². The van der Waals surface area contributed by atoms with Crippen molar-refractivity contribution in [2.24, 2.45) is 0 Å². The zero-order valence-corrected chi connectivity index (χ0v) is 16.6. The predicted octanol–water partition coefficient (Wildman–Crippen LogP) is 3.39. The van der Waals surface area contributed by atoms with Crippen LogP contribution in [0.5, 0.6) is 5.75 Å². The van der Waals surface area contributed by atoms with Gasteiger partial charge >= 0.3 is 5.97 Å². The second kappa shape index (κ2) is 8.83. The summed E-state index contributed by atoms with van der Waals surface area (Å²) >= 11 is 1.05. The normalized spacial score (nSPS) is 14.9. The number of para-hydroxylation sites is 1. The molecule has 0 saturated carbocycles. The first kappa shape index (κ1) is 19.7. The average molecular weight is 426 g/mol. The maximum atomic E-state index is 12.2. The number of carbonyl (C=O) groups is 3. The van der Waals surface area contributed by atoms with E-state index >= 15 is 0 Å². The van der Waals surface area contributed by atoms with Crippen molar-refractivity contribution >= 4 is 34.1 Å². The molecule has 9 heteroatoms. The SMILES string of the molecule is O=C(COC(=O)c1ccc(NC(=O)c2ccco2)s1)NC1CCOc2ccccc21. The Bertz CT molecular complexity index is 1060. The molecule has 0 saturated heterocycles. The van der Waals surface area contributed by atoms with E-state index in [4.69, 9.17) is 13.9 Å². The third-order valence-corrected chi connectivity index (χ3v) is 5.40. The molecule has 0 bridgehead atoms. The van der Waals surface area contributed by atoms with E-state index in [2.05, 4.69) is 10.6 Å². The highest BCUT2D eigenvalue weighted by Crippen LogP contribution is 2.31. The third kappa shape index (κ3) is 4.52. The lowest BCUT2D eigenvalue weighted by atomic mass is 10.0. The van der Waals surface area contributed by atoms with Gasteiger partial charge in [0.15, 0.2) is 12.4 Å². The summed E-state index contributed by atoms with van der Waals surface area (Å²) in [6.45, 7) is 0.105. The van der Waals surface area contributed by atoms with Gasteiger partial charge in [0.25, 0.3) is 11.8 Å². The van der Waals surface area contributed by atoms with Crippen LogP contribution in [-0.4, -0.2) is 31.0 Å². The Morgan fingerprint density at radius 1 is 1.10 bits per heavy atom. The van der Waals surface area contributed by atoms with Gasteiger partial charge in [-0.1, -0.05) is 18.2 Å². The van der Waals surface area contributed by atoms with E-state index in [1.165, 1.54) is 18.4 Å². The highest BCUT2D eigenvalue weighted by atomic mass is 32.1. The molecule has 1 aliphatic heterocycles. The maximum absolute atomic E-state index is 12.2. The summed E-state index contributed by atoms with van der Waals surface area (Å²) in [6.07, 6.45) is 2.04. The summed E-state index contributed by atoms with van der Waals surface area (Å²) in [5, 5.41) is 5.97. The van der Waals surface area contributed by atoms with Crippen LogP contribution in [0.1, 0.15) is 38.3 Å². The minimum absolute atomic E-state index is 0.166. The molecule has 2 aromatic heterocycles. The van der Waals surface area contributed by atoms with E-state index in [9.17, 15) is 14.4 Å². The quantitative estimate of drug-likeness (QED) is 0.585. The van der Waals surface area contributed by atoms with Crippen molar-refractivity contribution in [1.29, 1.82) is 0 Å². The smallest absolute Gasteiger partial charge is 0.348 e. The molecule has 2 N–H and O–H groups in total. The lowest BCUT2D eigenvalue weighted by molar-refractivity contribution is -0.125. The molecule has 0 fully saturated rings. The Morgan fingerprint density at radius 3 is 2.80 bits per heavy atom. The minimum atomic E-state index is -0.638. The largest absolute Gasteiger partial charge is 0.493 e. The number of esters is 1. The number of fused-ring (bicyclic) bond motifs is 1. The molecule has 0 spiro atoms. The van der Waals surface area contributed by atoms with Gasteiger partial charge in [-0.15, -0.1) is 11.3 Å². The standard InChI is InChI=1S/C21H18N2O6S/c24-18(22-14-9-11-28-15-5-2-1-4-13(14)15)12-29-21(26)17-7-8-19(30-17)23-20(25)16-6-3-10-27-16/h1-8,10,14H,9,11-12H2,(H,22,24)(H,23,25). The molecular formula is C21H18N2O6S.